The molecule has 2 fully saturated rings. The van der Waals surface area contributed by atoms with E-state index in [0.717, 1.165) is 49.7 Å². The van der Waals surface area contributed by atoms with Gasteiger partial charge in [-0.1, -0.05) is 6.92 Å². The number of aryl methyl sites for hydroxylation is 1. The lowest BCUT2D eigenvalue weighted by Gasteiger charge is -2.48. The highest BCUT2D eigenvalue weighted by Gasteiger charge is 2.54. The topological polar surface area (TPSA) is 57.5 Å². The van der Waals surface area contributed by atoms with Crippen LogP contribution < -0.4 is 0 Å². The Morgan fingerprint density at radius 1 is 1.14 bits per heavy atom. The van der Waals surface area contributed by atoms with Crippen molar-refractivity contribution in [2.45, 2.75) is 51.4 Å². The van der Waals surface area contributed by atoms with Crippen molar-refractivity contribution in [1.29, 1.82) is 0 Å². The lowest BCUT2D eigenvalue weighted by atomic mass is 9.55. The summed E-state index contributed by atoms with van der Waals surface area (Å²) in [5, 5.41) is 20.0. The van der Waals surface area contributed by atoms with Gasteiger partial charge in [0.25, 0.3) is 0 Å². The number of rotatable bonds is 0. The van der Waals surface area contributed by atoms with Gasteiger partial charge in [0, 0.05) is 23.5 Å². The Hall–Kier alpha value is -1.51. The lowest BCUT2D eigenvalue weighted by molar-refractivity contribution is -0.129. The van der Waals surface area contributed by atoms with Gasteiger partial charge < -0.3 is 10.2 Å². The average molecular weight is 286 g/mol. The number of hydrogen-bond donors (Lipinski definition) is 2. The molecule has 4 rings (SSSR count). The van der Waals surface area contributed by atoms with Crippen molar-refractivity contribution < 1.29 is 15.0 Å². The summed E-state index contributed by atoms with van der Waals surface area (Å²) in [6.45, 7) is 2.16. The van der Waals surface area contributed by atoms with Crippen LogP contribution in [-0.2, 0) is 11.2 Å². The zero-order valence-corrected chi connectivity index (χ0v) is 12.4. The first kappa shape index (κ1) is 13.2. The SMILES string of the molecule is CC12CCC3c4c(O)cc(O)cc4CCC3C1CCC2=O. The molecule has 112 valence electrons. The fourth-order valence-electron chi connectivity index (χ4n) is 5.46. The number of phenols is 2. The molecule has 2 saturated carbocycles. The van der Waals surface area contributed by atoms with Crippen LogP contribution in [-0.4, -0.2) is 16.0 Å². The highest BCUT2D eigenvalue weighted by atomic mass is 16.3. The van der Waals surface area contributed by atoms with Gasteiger partial charge in [-0.05, 0) is 61.5 Å². The van der Waals surface area contributed by atoms with Gasteiger partial charge in [0.05, 0.1) is 0 Å². The molecule has 0 radical (unpaired) electrons. The van der Waals surface area contributed by atoms with Gasteiger partial charge in [0.2, 0.25) is 0 Å². The maximum Gasteiger partial charge on any atom is 0.139 e. The third-order valence-electron chi connectivity index (χ3n) is 6.49. The number of fused-ring (bicyclic) bond motifs is 5. The zero-order chi connectivity index (χ0) is 14.8. The molecule has 4 unspecified atom stereocenters. The van der Waals surface area contributed by atoms with Crippen molar-refractivity contribution in [2.24, 2.45) is 17.3 Å². The van der Waals surface area contributed by atoms with Gasteiger partial charge in [-0.2, -0.15) is 0 Å². The second kappa shape index (κ2) is 4.25. The van der Waals surface area contributed by atoms with Gasteiger partial charge in [-0.3, -0.25) is 4.79 Å². The second-order valence-corrected chi connectivity index (χ2v) is 7.37. The normalized spacial score (nSPS) is 37.8. The molecule has 3 nitrogen and oxygen atoms in total. The number of ketones is 1. The summed E-state index contributed by atoms with van der Waals surface area (Å²) in [5.74, 6) is 2.20. The molecule has 21 heavy (non-hydrogen) atoms. The Morgan fingerprint density at radius 3 is 2.76 bits per heavy atom. The van der Waals surface area contributed by atoms with Gasteiger partial charge in [-0.25, -0.2) is 0 Å². The molecule has 0 aliphatic heterocycles. The molecule has 0 spiro atoms. The van der Waals surface area contributed by atoms with E-state index in [9.17, 15) is 15.0 Å². The molecule has 3 aliphatic rings. The minimum Gasteiger partial charge on any atom is -0.508 e. The van der Waals surface area contributed by atoms with Crippen molar-refractivity contribution in [1.82, 2.24) is 0 Å². The minimum atomic E-state index is -0.120. The first-order valence-corrected chi connectivity index (χ1v) is 8.09. The van der Waals surface area contributed by atoms with E-state index in [-0.39, 0.29) is 16.9 Å². The second-order valence-electron chi connectivity index (χ2n) is 7.37. The molecule has 1 aromatic rings. The number of benzene rings is 1. The summed E-state index contributed by atoms with van der Waals surface area (Å²) in [5.41, 5.74) is 2.03. The van der Waals surface area contributed by atoms with Crippen molar-refractivity contribution >= 4 is 5.78 Å². The van der Waals surface area contributed by atoms with E-state index >= 15 is 0 Å². The van der Waals surface area contributed by atoms with Crippen molar-refractivity contribution in [3.8, 4) is 11.5 Å². The van der Waals surface area contributed by atoms with Crippen LogP contribution in [0, 0.1) is 17.3 Å². The number of hydrogen-bond acceptors (Lipinski definition) is 3. The predicted molar refractivity (Wildman–Crippen MR) is 79.4 cm³/mol. The number of phenolic OH excluding ortho intramolecular Hbond substituents is 2. The molecule has 1 aromatic carbocycles. The number of carbonyl (C=O) groups excluding carboxylic acids is 1. The van der Waals surface area contributed by atoms with Crippen LogP contribution >= 0.6 is 0 Å². The largest absolute Gasteiger partial charge is 0.508 e. The van der Waals surface area contributed by atoms with E-state index in [0.29, 0.717) is 23.5 Å². The summed E-state index contributed by atoms with van der Waals surface area (Å²) in [6.07, 6.45) is 5.66. The maximum absolute atomic E-state index is 12.3. The quantitative estimate of drug-likeness (QED) is 0.767. The van der Waals surface area contributed by atoms with Crippen molar-refractivity contribution in [3.63, 3.8) is 0 Å². The third kappa shape index (κ3) is 1.69. The number of aromatic hydroxyl groups is 2. The Kier molecular flexibility index (Phi) is 2.66. The van der Waals surface area contributed by atoms with Gasteiger partial charge in [0.15, 0.2) is 0 Å². The molecule has 4 atom stereocenters. The number of carbonyl (C=O) groups is 1. The van der Waals surface area contributed by atoms with Crippen LogP contribution in [0.3, 0.4) is 0 Å². The fourth-order valence-corrected chi connectivity index (χ4v) is 5.46. The van der Waals surface area contributed by atoms with E-state index in [1.54, 1.807) is 6.07 Å². The fraction of sp³-hybridized carbons (Fsp3) is 0.611. The van der Waals surface area contributed by atoms with E-state index < -0.39 is 0 Å². The molecular weight excluding hydrogens is 264 g/mol. The summed E-state index contributed by atoms with van der Waals surface area (Å²) < 4.78 is 0. The van der Waals surface area contributed by atoms with Crippen LogP contribution in [0.1, 0.15) is 56.1 Å². The summed E-state index contributed by atoms with van der Waals surface area (Å²) in [7, 11) is 0. The molecule has 3 heteroatoms. The van der Waals surface area contributed by atoms with Gasteiger partial charge in [-0.15, -0.1) is 0 Å². The van der Waals surface area contributed by atoms with E-state index in [1.165, 1.54) is 6.07 Å². The Balaban J connectivity index is 1.77. The van der Waals surface area contributed by atoms with Crippen molar-refractivity contribution in [3.05, 3.63) is 23.3 Å². The summed E-state index contributed by atoms with van der Waals surface area (Å²) >= 11 is 0. The Labute approximate surface area is 125 Å². The van der Waals surface area contributed by atoms with E-state index in [1.807, 2.05) is 0 Å². The monoisotopic (exact) mass is 286 g/mol. The van der Waals surface area contributed by atoms with Crippen LogP contribution in [0.4, 0.5) is 0 Å². The molecule has 0 saturated heterocycles. The molecule has 0 aromatic heterocycles. The van der Waals surface area contributed by atoms with Crippen LogP contribution in [0.15, 0.2) is 12.1 Å². The molecule has 3 aliphatic carbocycles. The van der Waals surface area contributed by atoms with Gasteiger partial charge in [0.1, 0.15) is 17.3 Å². The Bertz CT molecular complexity index is 621. The van der Waals surface area contributed by atoms with Gasteiger partial charge >= 0.3 is 0 Å². The third-order valence-corrected chi connectivity index (χ3v) is 6.49. The lowest BCUT2D eigenvalue weighted by Crippen LogP contribution is -2.42. The molecule has 0 bridgehead atoms. The highest BCUT2D eigenvalue weighted by molar-refractivity contribution is 5.87. The minimum absolute atomic E-state index is 0.120. The number of Topliss-reactive ketones (excluding diaryl/α,β-unsaturated/α-hetero) is 1. The zero-order valence-electron chi connectivity index (χ0n) is 12.4. The van der Waals surface area contributed by atoms with Crippen LogP contribution in [0.2, 0.25) is 0 Å². The standard InChI is InChI=1S/C18H22O3/c1-18-7-6-13-12(14(18)4-5-16(18)21)3-2-10-8-11(19)9-15(20)17(10)13/h8-9,12-14,19-20H,2-7H2,1H3. The van der Waals surface area contributed by atoms with E-state index in [2.05, 4.69) is 6.92 Å². The predicted octanol–water partition coefficient (Wildman–Crippen LogP) is 3.52. The van der Waals surface area contributed by atoms with Crippen LogP contribution in [0.25, 0.3) is 0 Å². The molecule has 0 amide bonds. The van der Waals surface area contributed by atoms with Crippen molar-refractivity contribution in [2.75, 3.05) is 0 Å². The first-order valence-electron chi connectivity index (χ1n) is 8.09. The Morgan fingerprint density at radius 2 is 1.95 bits per heavy atom. The highest BCUT2D eigenvalue weighted by Crippen LogP contribution is 2.60. The first-order chi connectivity index (χ1) is 10.0. The molecular formula is C18H22O3. The average Bonchev–Trinajstić information content (AvgIpc) is 2.74. The van der Waals surface area contributed by atoms with E-state index in [4.69, 9.17) is 0 Å². The summed E-state index contributed by atoms with van der Waals surface area (Å²) in [4.78, 5) is 12.3. The van der Waals surface area contributed by atoms with Crippen LogP contribution in [0.5, 0.6) is 11.5 Å². The summed E-state index contributed by atoms with van der Waals surface area (Å²) in [6, 6.07) is 3.27. The smallest absolute Gasteiger partial charge is 0.139 e. The molecule has 0 heterocycles. The maximum atomic E-state index is 12.3. The molecule has 2 N–H and O–H groups in total.